The minimum absolute atomic E-state index is 0.108. The van der Waals surface area contributed by atoms with Crippen molar-refractivity contribution >= 4 is 11.4 Å². The molecule has 0 heterocycles. The number of benzene rings is 1. The monoisotopic (exact) mass is 287 g/mol. The van der Waals surface area contributed by atoms with Crippen molar-refractivity contribution < 1.29 is 4.92 Å². The topological polar surface area (TPSA) is 79.0 Å². The van der Waals surface area contributed by atoms with Crippen LogP contribution in [0.2, 0.25) is 0 Å². The lowest BCUT2D eigenvalue weighted by Gasteiger charge is -2.26. The standard InChI is InChI=1S/C16H21N3O2/c1-12-2-4-13(5-3-12)8-9-18-15-6-7-16(19(20)21)14(10-15)11-17/h6-7,10,12-13,18H,2-5,8-9H2,1H3. The van der Waals surface area contributed by atoms with Gasteiger partial charge in [0.25, 0.3) is 5.69 Å². The Bertz CT molecular complexity index is 543. The molecule has 0 aromatic heterocycles. The highest BCUT2D eigenvalue weighted by atomic mass is 16.6. The van der Waals surface area contributed by atoms with E-state index in [0.29, 0.717) is 0 Å². The number of nitrogens with zero attached hydrogens (tertiary/aromatic N) is 2. The summed E-state index contributed by atoms with van der Waals surface area (Å²) < 4.78 is 0. The molecular formula is C16H21N3O2. The Morgan fingerprint density at radius 3 is 2.71 bits per heavy atom. The maximum absolute atomic E-state index is 10.8. The Kier molecular flexibility index (Phi) is 5.15. The molecule has 1 N–H and O–H groups in total. The van der Waals surface area contributed by atoms with Crippen LogP contribution in [0.15, 0.2) is 18.2 Å². The molecule has 21 heavy (non-hydrogen) atoms. The van der Waals surface area contributed by atoms with Crippen molar-refractivity contribution in [2.24, 2.45) is 11.8 Å². The lowest BCUT2D eigenvalue weighted by atomic mass is 9.81. The number of nitrogens with one attached hydrogen (secondary N) is 1. The van der Waals surface area contributed by atoms with Crippen LogP contribution < -0.4 is 5.32 Å². The van der Waals surface area contributed by atoms with Crippen LogP contribution in [-0.4, -0.2) is 11.5 Å². The smallest absolute Gasteiger partial charge is 0.287 e. The Balaban J connectivity index is 1.86. The molecule has 0 aliphatic heterocycles. The van der Waals surface area contributed by atoms with E-state index in [1.165, 1.54) is 31.7 Å². The van der Waals surface area contributed by atoms with Gasteiger partial charge in [0.2, 0.25) is 0 Å². The van der Waals surface area contributed by atoms with Gasteiger partial charge in [-0.25, -0.2) is 0 Å². The number of nitriles is 1. The number of rotatable bonds is 5. The molecule has 1 aliphatic carbocycles. The summed E-state index contributed by atoms with van der Waals surface area (Å²) in [5.41, 5.74) is 0.752. The van der Waals surface area contributed by atoms with Crippen molar-refractivity contribution in [2.75, 3.05) is 11.9 Å². The van der Waals surface area contributed by atoms with Crippen LogP contribution >= 0.6 is 0 Å². The maximum atomic E-state index is 10.8. The van der Waals surface area contributed by atoms with Crippen LogP contribution in [0.25, 0.3) is 0 Å². The molecule has 1 aromatic rings. The van der Waals surface area contributed by atoms with Crippen molar-refractivity contribution in [1.82, 2.24) is 0 Å². The summed E-state index contributed by atoms with van der Waals surface area (Å²) in [6.07, 6.45) is 6.35. The zero-order valence-corrected chi connectivity index (χ0v) is 12.3. The van der Waals surface area contributed by atoms with E-state index in [4.69, 9.17) is 5.26 Å². The molecule has 5 heteroatoms. The van der Waals surface area contributed by atoms with E-state index < -0.39 is 4.92 Å². The number of anilines is 1. The lowest BCUT2D eigenvalue weighted by Crippen LogP contribution is -2.15. The first-order valence-corrected chi connectivity index (χ1v) is 7.52. The van der Waals surface area contributed by atoms with Gasteiger partial charge in [-0.1, -0.05) is 32.6 Å². The van der Waals surface area contributed by atoms with Crippen LogP contribution in [0.1, 0.15) is 44.6 Å². The second-order valence-electron chi connectivity index (χ2n) is 5.94. The summed E-state index contributed by atoms with van der Waals surface area (Å²) in [6.45, 7) is 3.16. The van der Waals surface area contributed by atoms with Gasteiger partial charge in [-0.3, -0.25) is 10.1 Å². The molecule has 2 rings (SSSR count). The lowest BCUT2D eigenvalue weighted by molar-refractivity contribution is -0.385. The van der Waals surface area contributed by atoms with E-state index >= 15 is 0 Å². The predicted molar refractivity (Wildman–Crippen MR) is 82.0 cm³/mol. The molecule has 1 aromatic carbocycles. The van der Waals surface area contributed by atoms with Crippen molar-refractivity contribution in [3.63, 3.8) is 0 Å². The molecule has 0 radical (unpaired) electrons. The first-order chi connectivity index (χ1) is 10.1. The normalized spacial score (nSPS) is 21.5. The van der Waals surface area contributed by atoms with E-state index in [-0.39, 0.29) is 11.3 Å². The van der Waals surface area contributed by atoms with E-state index in [1.54, 1.807) is 12.1 Å². The highest BCUT2D eigenvalue weighted by molar-refractivity contribution is 5.58. The van der Waals surface area contributed by atoms with Gasteiger partial charge >= 0.3 is 0 Å². The fourth-order valence-electron chi connectivity index (χ4n) is 2.93. The Hall–Kier alpha value is -2.09. The molecule has 112 valence electrons. The van der Waals surface area contributed by atoms with Crippen LogP contribution in [0.4, 0.5) is 11.4 Å². The summed E-state index contributed by atoms with van der Waals surface area (Å²) in [5, 5.41) is 23.0. The van der Waals surface area contributed by atoms with Crippen LogP contribution in [0, 0.1) is 33.3 Å². The van der Waals surface area contributed by atoms with Crippen LogP contribution in [0.5, 0.6) is 0 Å². The van der Waals surface area contributed by atoms with Crippen LogP contribution in [0.3, 0.4) is 0 Å². The fourth-order valence-corrected chi connectivity index (χ4v) is 2.93. The summed E-state index contributed by atoms with van der Waals surface area (Å²) in [6, 6.07) is 6.50. The second kappa shape index (κ2) is 7.07. The second-order valence-corrected chi connectivity index (χ2v) is 5.94. The molecule has 0 amide bonds. The molecular weight excluding hydrogens is 266 g/mol. The molecule has 1 aliphatic rings. The minimum Gasteiger partial charge on any atom is -0.385 e. The molecule has 1 saturated carbocycles. The molecule has 0 saturated heterocycles. The van der Waals surface area contributed by atoms with Gasteiger partial charge in [0, 0.05) is 18.3 Å². The van der Waals surface area contributed by atoms with Gasteiger partial charge < -0.3 is 5.32 Å². The van der Waals surface area contributed by atoms with E-state index in [1.807, 2.05) is 6.07 Å². The van der Waals surface area contributed by atoms with Gasteiger partial charge in [0.15, 0.2) is 0 Å². The number of hydrogen-bond donors (Lipinski definition) is 1. The molecule has 0 bridgehead atoms. The number of nitro groups is 1. The molecule has 5 nitrogen and oxygen atoms in total. The number of hydrogen-bond acceptors (Lipinski definition) is 4. The van der Waals surface area contributed by atoms with Gasteiger partial charge in [-0.15, -0.1) is 0 Å². The van der Waals surface area contributed by atoms with Gasteiger partial charge in [-0.05, 0) is 30.4 Å². The summed E-state index contributed by atoms with van der Waals surface area (Å²) in [7, 11) is 0. The van der Waals surface area contributed by atoms with Crippen molar-refractivity contribution in [3.05, 3.63) is 33.9 Å². The predicted octanol–water partition coefficient (Wildman–Crippen LogP) is 4.09. The summed E-state index contributed by atoms with van der Waals surface area (Å²) >= 11 is 0. The Morgan fingerprint density at radius 1 is 1.38 bits per heavy atom. The Labute approximate surface area is 125 Å². The minimum atomic E-state index is -0.522. The first-order valence-electron chi connectivity index (χ1n) is 7.52. The van der Waals surface area contributed by atoms with Crippen molar-refractivity contribution in [1.29, 1.82) is 5.26 Å². The Morgan fingerprint density at radius 2 is 2.10 bits per heavy atom. The van der Waals surface area contributed by atoms with Gasteiger partial charge in [0.05, 0.1) is 4.92 Å². The third-order valence-electron chi connectivity index (χ3n) is 4.33. The van der Waals surface area contributed by atoms with Gasteiger partial charge in [-0.2, -0.15) is 5.26 Å². The highest BCUT2D eigenvalue weighted by Crippen LogP contribution is 2.30. The average molecular weight is 287 g/mol. The van der Waals surface area contributed by atoms with Crippen molar-refractivity contribution in [3.8, 4) is 6.07 Å². The number of nitro benzene ring substituents is 1. The van der Waals surface area contributed by atoms with Crippen molar-refractivity contribution in [2.45, 2.75) is 39.0 Å². The first kappa shape index (κ1) is 15.3. The molecule has 1 fully saturated rings. The SMILES string of the molecule is CC1CCC(CCNc2ccc([N+](=O)[O-])c(C#N)c2)CC1. The quantitative estimate of drug-likeness (QED) is 0.653. The zero-order chi connectivity index (χ0) is 15.2. The third-order valence-corrected chi connectivity index (χ3v) is 4.33. The largest absolute Gasteiger partial charge is 0.385 e. The van der Waals surface area contributed by atoms with E-state index in [0.717, 1.165) is 30.5 Å². The average Bonchev–Trinajstić information content (AvgIpc) is 2.49. The maximum Gasteiger partial charge on any atom is 0.287 e. The summed E-state index contributed by atoms with van der Waals surface area (Å²) in [4.78, 5) is 10.3. The van der Waals surface area contributed by atoms with E-state index in [9.17, 15) is 10.1 Å². The van der Waals surface area contributed by atoms with E-state index in [2.05, 4.69) is 12.2 Å². The molecule has 0 unspecified atom stereocenters. The van der Waals surface area contributed by atoms with Gasteiger partial charge in [0.1, 0.15) is 11.6 Å². The summed E-state index contributed by atoms with van der Waals surface area (Å²) in [5.74, 6) is 1.64. The molecule has 0 atom stereocenters. The van der Waals surface area contributed by atoms with Crippen LogP contribution in [-0.2, 0) is 0 Å². The highest BCUT2D eigenvalue weighted by Gasteiger charge is 2.18. The zero-order valence-electron chi connectivity index (χ0n) is 12.3. The third kappa shape index (κ3) is 4.19. The molecule has 0 spiro atoms. The fraction of sp³-hybridized carbons (Fsp3) is 0.562.